The second-order valence-corrected chi connectivity index (χ2v) is 7.80. The van der Waals surface area contributed by atoms with E-state index in [1.54, 1.807) is 0 Å². The molecule has 110 valence electrons. The average Bonchev–Trinajstić information content (AvgIpc) is 2.69. The van der Waals surface area contributed by atoms with Crippen LogP contribution in [0.5, 0.6) is 0 Å². The van der Waals surface area contributed by atoms with Gasteiger partial charge in [-0.3, -0.25) is 4.98 Å². The Balaban J connectivity index is 1.73. The fraction of sp³-hybridized carbons (Fsp3) is 0.706. The Hall–Kier alpha value is -0.930. The van der Waals surface area contributed by atoms with E-state index in [0.717, 1.165) is 0 Å². The number of rotatable bonds is 2. The van der Waals surface area contributed by atoms with Crippen molar-refractivity contribution in [3.05, 3.63) is 29.6 Å². The molecule has 0 bridgehead atoms. The van der Waals surface area contributed by atoms with Crippen LogP contribution in [0.1, 0.15) is 64.3 Å². The number of nitrogens with one attached hydrogen (secondary N) is 2. The first-order valence-corrected chi connectivity index (χ1v) is 7.84. The number of nitrogens with zero attached hydrogens (tertiary/aromatic N) is 1. The summed E-state index contributed by atoms with van der Waals surface area (Å²) in [6.45, 7) is 9.24. The van der Waals surface area contributed by atoms with Gasteiger partial charge in [-0.2, -0.15) is 0 Å². The minimum atomic E-state index is 0.199. The largest absolute Gasteiger partial charge is 0.307 e. The molecule has 0 radical (unpaired) electrons. The topological polar surface area (TPSA) is 37.0 Å². The van der Waals surface area contributed by atoms with Gasteiger partial charge in [0.25, 0.3) is 0 Å². The van der Waals surface area contributed by atoms with Crippen LogP contribution < -0.4 is 10.6 Å². The monoisotopic (exact) mass is 273 g/mol. The number of hydrogen-bond acceptors (Lipinski definition) is 3. The maximum Gasteiger partial charge on any atom is 0.0605 e. The number of fused-ring (bicyclic) bond motifs is 1. The van der Waals surface area contributed by atoms with Crippen LogP contribution >= 0.6 is 0 Å². The van der Waals surface area contributed by atoms with Crippen LogP contribution in [0.3, 0.4) is 0 Å². The highest BCUT2D eigenvalue weighted by molar-refractivity contribution is 5.28. The van der Waals surface area contributed by atoms with E-state index in [2.05, 4.69) is 55.4 Å². The third kappa shape index (κ3) is 2.89. The molecule has 1 aromatic heterocycles. The van der Waals surface area contributed by atoms with Gasteiger partial charge in [-0.1, -0.05) is 6.07 Å². The van der Waals surface area contributed by atoms with Gasteiger partial charge >= 0.3 is 0 Å². The van der Waals surface area contributed by atoms with E-state index in [1.165, 1.54) is 36.9 Å². The summed E-state index contributed by atoms with van der Waals surface area (Å²) >= 11 is 0. The Bertz CT molecular complexity index is 477. The molecule has 3 heteroatoms. The van der Waals surface area contributed by atoms with E-state index in [9.17, 15) is 0 Å². The smallest absolute Gasteiger partial charge is 0.0605 e. The Kier molecular flexibility index (Phi) is 3.38. The van der Waals surface area contributed by atoms with Crippen molar-refractivity contribution in [2.75, 3.05) is 0 Å². The highest BCUT2D eigenvalue weighted by atomic mass is 15.1. The lowest BCUT2D eigenvalue weighted by atomic mass is 9.79. The summed E-state index contributed by atoms with van der Waals surface area (Å²) in [7, 11) is 0. The van der Waals surface area contributed by atoms with Gasteiger partial charge < -0.3 is 10.6 Å². The molecule has 1 fully saturated rings. The number of aryl methyl sites for hydroxylation is 1. The van der Waals surface area contributed by atoms with Gasteiger partial charge in [0.1, 0.15) is 0 Å². The molecule has 0 aromatic carbocycles. The highest BCUT2D eigenvalue weighted by Crippen LogP contribution is 2.33. The SMILES string of the molecule is CC1(C)CC(NC2CCc3cccnc32)CC(C)(C)N1. The van der Waals surface area contributed by atoms with Gasteiger partial charge in [-0.15, -0.1) is 0 Å². The van der Waals surface area contributed by atoms with Gasteiger partial charge in [0.05, 0.1) is 11.7 Å². The molecule has 1 aromatic rings. The quantitative estimate of drug-likeness (QED) is 0.870. The maximum absolute atomic E-state index is 4.60. The first-order valence-electron chi connectivity index (χ1n) is 7.84. The summed E-state index contributed by atoms with van der Waals surface area (Å²) < 4.78 is 0. The minimum Gasteiger partial charge on any atom is -0.307 e. The van der Waals surface area contributed by atoms with E-state index in [-0.39, 0.29) is 11.1 Å². The molecular weight excluding hydrogens is 246 g/mol. The zero-order chi connectivity index (χ0) is 14.4. The van der Waals surface area contributed by atoms with Crippen molar-refractivity contribution in [1.82, 2.24) is 15.6 Å². The molecule has 0 amide bonds. The average molecular weight is 273 g/mol. The van der Waals surface area contributed by atoms with Gasteiger partial charge in [0, 0.05) is 23.3 Å². The minimum absolute atomic E-state index is 0.199. The van der Waals surface area contributed by atoms with Gasteiger partial charge in [0.15, 0.2) is 0 Å². The molecule has 1 aliphatic carbocycles. The van der Waals surface area contributed by atoms with Gasteiger partial charge in [-0.25, -0.2) is 0 Å². The van der Waals surface area contributed by atoms with Crippen molar-refractivity contribution in [2.45, 2.75) is 76.5 Å². The van der Waals surface area contributed by atoms with Crippen molar-refractivity contribution in [3.8, 4) is 0 Å². The van der Waals surface area contributed by atoms with Crippen molar-refractivity contribution < 1.29 is 0 Å². The third-order valence-electron chi connectivity index (χ3n) is 4.59. The standard InChI is InChI=1S/C17H27N3/c1-16(2)10-13(11-17(3,4)20-16)19-14-8-7-12-6-5-9-18-15(12)14/h5-6,9,13-14,19-20H,7-8,10-11H2,1-4H3. The molecule has 1 aliphatic heterocycles. The molecule has 2 aliphatic rings. The van der Waals surface area contributed by atoms with Crippen LogP contribution in [0.4, 0.5) is 0 Å². The lowest BCUT2D eigenvalue weighted by Gasteiger charge is -2.47. The van der Waals surface area contributed by atoms with Crippen LogP contribution in [0.25, 0.3) is 0 Å². The number of pyridine rings is 1. The molecular formula is C17H27N3. The Morgan fingerprint density at radius 2 is 1.90 bits per heavy atom. The van der Waals surface area contributed by atoms with Crippen molar-refractivity contribution in [3.63, 3.8) is 0 Å². The molecule has 20 heavy (non-hydrogen) atoms. The fourth-order valence-corrected chi connectivity index (χ4v) is 4.30. The molecule has 0 spiro atoms. The lowest BCUT2D eigenvalue weighted by molar-refractivity contribution is 0.139. The van der Waals surface area contributed by atoms with Crippen molar-refractivity contribution in [1.29, 1.82) is 0 Å². The van der Waals surface area contributed by atoms with Gasteiger partial charge in [-0.05, 0) is 65.0 Å². The van der Waals surface area contributed by atoms with Crippen LogP contribution in [-0.4, -0.2) is 22.1 Å². The second-order valence-electron chi connectivity index (χ2n) is 7.80. The molecule has 3 nitrogen and oxygen atoms in total. The highest BCUT2D eigenvalue weighted by Gasteiger charge is 2.39. The maximum atomic E-state index is 4.60. The first-order chi connectivity index (χ1) is 9.35. The summed E-state index contributed by atoms with van der Waals surface area (Å²) in [5.41, 5.74) is 3.11. The van der Waals surface area contributed by atoms with Gasteiger partial charge in [0.2, 0.25) is 0 Å². The predicted molar refractivity (Wildman–Crippen MR) is 82.8 cm³/mol. The van der Waals surface area contributed by atoms with Crippen molar-refractivity contribution >= 4 is 0 Å². The summed E-state index contributed by atoms with van der Waals surface area (Å²) in [5.74, 6) is 0. The van der Waals surface area contributed by atoms with Crippen molar-refractivity contribution in [2.24, 2.45) is 0 Å². The zero-order valence-corrected chi connectivity index (χ0v) is 13.2. The van der Waals surface area contributed by atoms with E-state index in [4.69, 9.17) is 0 Å². The van der Waals surface area contributed by atoms with Crippen LogP contribution in [0.2, 0.25) is 0 Å². The van der Waals surface area contributed by atoms with Crippen LogP contribution in [-0.2, 0) is 6.42 Å². The molecule has 1 unspecified atom stereocenters. The van der Waals surface area contributed by atoms with E-state index >= 15 is 0 Å². The summed E-state index contributed by atoms with van der Waals surface area (Å²) in [6, 6.07) is 5.29. The number of hydrogen-bond donors (Lipinski definition) is 2. The third-order valence-corrected chi connectivity index (χ3v) is 4.59. The molecule has 0 saturated carbocycles. The molecule has 3 rings (SSSR count). The predicted octanol–water partition coefficient (Wildman–Crippen LogP) is 2.97. The Morgan fingerprint density at radius 3 is 2.60 bits per heavy atom. The molecule has 2 heterocycles. The van der Waals surface area contributed by atoms with Crippen LogP contribution in [0.15, 0.2) is 18.3 Å². The second kappa shape index (κ2) is 4.81. The normalized spacial score (nSPS) is 28.3. The summed E-state index contributed by atoms with van der Waals surface area (Å²) in [4.78, 5) is 4.60. The molecule has 2 N–H and O–H groups in total. The number of piperidine rings is 1. The molecule has 1 atom stereocenters. The summed E-state index contributed by atoms with van der Waals surface area (Å²) in [5, 5.41) is 7.63. The lowest BCUT2D eigenvalue weighted by Crippen LogP contribution is -2.61. The molecule has 1 saturated heterocycles. The Morgan fingerprint density at radius 1 is 1.20 bits per heavy atom. The van der Waals surface area contributed by atoms with Crippen LogP contribution in [0, 0.1) is 0 Å². The van der Waals surface area contributed by atoms with E-state index in [1.807, 2.05) is 6.20 Å². The number of aromatic nitrogens is 1. The first kappa shape index (κ1) is 14.0. The summed E-state index contributed by atoms with van der Waals surface area (Å²) in [6.07, 6.45) is 6.63. The van der Waals surface area contributed by atoms with E-state index in [0.29, 0.717) is 12.1 Å². The fourth-order valence-electron chi connectivity index (χ4n) is 4.30. The Labute approximate surface area is 122 Å². The van der Waals surface area contributed by atoms with E-state index < -0.39 is 0 Å². The zero-order valence-electron chi connectivity index (χ0n) is 13.2.